The zero-order valence-corrected chi connectivity index (χ0v) is 17.0. The normalized spacial score (nSPS) is 14.8. The molecule has 1 saturated heterocycles. The van der Waals surface area contributed by atoms with Crippen LogP contribution in [0.1, 0.15) is 23.1 Å². The van der Waals surface area contributed by atoms with E-state index in [9.17, 15) is 14.9 Å². The second kappa shape index (κ2) is 9.96. The number of nitro benzene ring substituents is 1. The second-order valence-electron chi connectivity index (χ2n) is 7.48. The molecule has 156 valence electrons. The van der Waals surface area contributed by atoms with Crippen molar-refractivity contribution >= 4 is 17.3 Å². The average molecular weight is 407 g/mol. The van der Waals surface area contributed by atoms with Gasteiger partial charge in [-0.05, 0) is 36.2 Å². The van der Waals surface area contributed by atoms with Crippen molar-refractivity contribution in [2.24, 2.45) is 0 Å². The third kappa shape index (κ3) is 5.86. The van der Waals surface area contributed by atoms with Crippen molar-refractivity contribution in [2.75, 3.05) is 38.0 Å². The number of hydrogen-bond donors (Lipinski definition) is 1. The van der Waals surface area contributed by atoms with Gasteiger partial charge in [-0.15, -0.1) is 0 Å². The van der Waals surface area contributed by atoms with Crippen LogP contribution in [0.4, 0.5) is 11.4 Å². The Labute approximate surface area is 175 Å². The lowest BCUT2D eigenvalue weighted by atomic mass is 10.1. The molecule has 0 atom stereocenters. The lowest BCUT2D eigenvalue weighted by Gasteiger charge is -2.34. The highest BCUT2D eigenvalue weighted by atomic mass is 16.6. The van der Waals surface area contributed by atoms with Crippen molar-refractivity contribution in [2.45, 2.75) is 19.9 Å². The molecule has 1 heterocycles. The fraction of sp³-hybridized carbons (Fsp3) is 0.364. The smallest absolute Gasteiger partial charge is 0.269 e. The van der Waals surface area contributed by atoms with Gasteiger partial charge in [0.05, 0.1) is 16.6 Å². The summed E-state index contributed by atoms with van der Waals surface area (Å²) in [6.07, 6.45) is 0.381. The number of carbonyl (C=O) groups is 1. The molecule has 0 spiro atoms. The molecule has 8 nitrogen and oxygen atoms in total. The maximum atomic E-state index is 12.3. The van der Waals surface area contributed by atoms with E-state index in [0.717, 1.165) is 32.7 Å². The molecular weight excluding hydrogens is 382 g/mol. The van der Waals surface area contributed by atoms with Crippen LogP contribution >= 0.6 is 0 Å². The van der Waals surface area contributed by atoms with Gasteiger partial charge in [0, 0.05) is 63.5 Å². The van der Waals surface area contributed by atoms with E-state index < -0.39 is 4.92 Å². The van der Waals surface area contributed by atoms with Gasteiger partial charge in [0.25, 0.3) is 5.69 Å². The van der Waals surface area contributed by atoms with Crippen molar-refractivity contribution in [3.63, 3.8) is 0 Å². The number of aryl methyl sites for hydroxylation is 1. The van der Waals surface area contributed by atoms with E-state index in [4.69, 9.17) is 5.26 Å². The minimum absolute atomic E-state index is 0.0179. The summed E-state index contributed by atoms with van der Waals surface area (Å²) < 4.78 is 0. The Hall–Kier alpha value is -3.28. The number of benzene rings is 2. The van der Waals surface area contributed by atoms with Crippen molar-refractivity contribution in [1.82, 2.24) is 9.80 Å². The Balaban J connectivity index is 1.40. The predicted octanol–water partition coefficient (Wildman–Crippen LogP) is 2.92. The molecule has 3 rings (SSSR count). The van der Waals surface area contributed by atoms with E-state index >= 15 is 0 Å². The molecule has 0 aromatic heterocycles. The molecule has 1 amide bonds. The SMILES string of the molecule is Cc1cc([N+](=O)[O-])ccc1NC(=O)CCN1CCN(Cc2ccc(C#N)cc2)CC1. The summed E-state index contributed by atoms with van der Waals surface area (Å²) in [4.78, 5) is 27.3. The lowest BCUT2D eigenvalue weighted by molar-refractivity contribution is -0.384. The van der Waals surface area contributed by atoms with Crippen LogP contribution in [0.25, 0.3) is 0 Å². The van der Waals surface area contributed by atoms with Crippen molar-refractivity contribution in [3.8, 4) is 6.07 Å². The van der Waals surface area contributed by atoms with E-state index in [-0.39, 0.29) is 11.6 Å². The number of piperazine rings is 1. The highest BCUT2D eigenvalue weighted by molar-refractivity contribution is 5.91. The largest absolute Gasteiger partial charge is 0.326 e. The molecule has 0 radical (unpaired) electrons. The average Bonchev–Trinajstić information content (AvgIpc) is 2.75. The van der Waals surface area contributed by atoms with Gasteiger partial charge in [0.1, 0.15) is 0 Å². The first kappa shape index (κ1) is 21.4. The minimum Gasteiger partial charge on any atom is -0.326 e. The first-order valence-corrected chi connectivity index (χ1v) is 9.93. The Morgan fingerprint density at radius 2 is 1.80 bits per heavy atom. The van der Waals surface area contributed by atoms with Crippen LogP contribution in [0.15, 0.2) is 42.5 Å². The molecular formula is C22H25N5O3. The molecule has 30 heavy (non-hydrogen) atoms. The van der Waals surface area contributed by atoms with E-state index in [0.29, 0.717) is 29.8 Å². The second-order valence-corrected chi connectivity index (χ2v) is 7.48. The number of hydrogen-bond acceptors (Lipinski definition) is 6. The fourth-order valence-corrected chi connectivity index (χ4v) is 3.49. The van der Waals surface area contributed by atoms with Gasteiger partial charge in [-0.2, -0.15) is 5.26 Å². The number of nitrogens with zero attached hydrogens (tertiary/aromatic N) is 4. The van der Waals surface area contributed by atoms with Gasteiger partial charge in [-0.3, -0.25) is 19.8 Å². The van der Waals surface area contributed by atoms with Crippen LogP contribution in [-0.2, 0) is 11.3 Å². The number of nitrogens with one attached hydrogen (secondary N) is 1. The minimum atomic E-state index is -0.445. The van der Waals surface area contributed by atoms with Crippen LogP contribution < -0.4 is 5.32 Å². The molecule has 1 aliphatic rings. The molecule has 2 aromatic carbocycles. The standard InChI is InChI=1S/C22H25N5O3/c1-17-14-20(27(29)30)6-7-21(17)24-22(28)8-9-25-10-12-26(13-11-25)16-19-4-2-18(15-23)3-5-19/h2-7,14H,8-13,16H2,1H3,(H,24,28). The van der Waals surface area contributed by atoms with E-state index in [2.05, 4.69) is 21.2 Å². The van der Waals surface area contributed by atoms with Gasteiger partial charge in [0.2, 0.25) is 5.91 Å². The lowest BCUT2D eigenvalue weighted by Crippen LogP contribution is -2.46. The van der Waals surface area contributed by atoms with E-state index in [1.807, 2.05) is 24.3 Å². The van der Waals surface area contributed by atoms with Crippen LogP contribution in [0.3, 0.4) is 0 Å². The number of nitriles is 1. The van der Waals surface area contributed by atoms with Crippen molar-refractivity contribution in [1.29, 1.82) is 5.26 Å². The van der Waals surface area contributed by atoms with Crippen molar-refractivity contribution in [3.05, 3.63) is 69.3 Å². The summed E-state index contributed by atoms with van der Waals surface area (Å²) in [6.45, 7) is 6.96. The molecule has 0 bridgehead atoms. The maximum absolute atomic E-state index is 12.3. The van der Waals surface area contributed by atoms with Crippen molar-refractivity contribution < 1.29 is 9.72 Å². The zero-order valence-electron chi connectivity index (χ0n) is 17.0. The van der Waals surface area contributed by atoms with Gasteiger partial charge in [-0.1, -0.05) is 12.1 Å². The number of non-ortho nitro benzene ring substituents is 1. The quantitative estimate of drug-likeness (QED) is 0.559. The summed E-state index contributed by atoms with van der Waals surface area (Å²) in [6, 6.07) is 14.2. The Morgan fingerprint density at radius 1 is 1.13 bits per heavy atom. The number of amides is 1. The predicted molar refractivity (Wildman–Crippen MR) is 114 cm³/mol. The van der Waals surface area contributed by atoms with Crippen LogP contribution in [0.5, 0.6) is 0 Å². The number of carbonyl (C=O) groups excluding carboxylic acids is 1. The summed E-state index contributed by atoms with van der Waals surface area (Å²) >= 11 is 0. The van der Waals surface area contributed by atoms with Gasteiger partial charge in [0.15, 0.2) is 0 Å². The first-order chi connectivity index (χ1) is 14.4. The highest BCUT2D eigenvalue weighted by Crippen LogP contribution is 2.21. The Kier molecular flexibility index (Phi) is 7.12. The molecule has 2 aromatic rings. The third-order valence-corrected chi connectivity index (χ3v) is 5.30. The van der Waals surface area contributed by atoms with E-state index in [1.54, 1.807) is 13.0 Å². The number of rotatable bonds is 7. The highest BCUT2D eigenvalue weighted by Gasteiger charge is 2.18. The molecule has 1 aliphatic heterocycles. The number of anilines is 1. The Bertz CT molecular complexity index is 944. The molecule has 1 N–H and O–H groups in total. The van der Waals surface area contributed by atoms with Gasteiger partial charge in [-0.25, -0.2) is 0 Å². The zero-order chi connectivity index (χ0) is 21.5. The molecule has 1 fully saturated rings. The first-order valence-electron chi connectivity index (χ1n) is 9.93. The third-order valence-electron chi connectivity index (χ3n) is 5.30. The Morgan fingerprint density at radius 3 is 2.40 bits per heavy atom. The topological polar surface area (TPSA) is 103 Å². The van der Waals surface area contributed by atoms with Crippen LogP contribution in [-0.4, -0.2) is 53.4 Å². The molecule has 0 saturated carbocycles. The monoisotopic (exact) mass is 407 g/mol. The summed E-state index contributed by atoms with van der Waals surface area (Å²) in [5, 5.41) is 22.5. The molecule has 8 heteroatoms. The summed E-state index contributed by atoms with van der Waals surface area (Å²) in [5.41, 5.74) is 3.17. The number of nitro groups is 1. The van der Waals surface area contributed by atoms with Crippen LogP contribution in [0, 0.1) is 28.4 Å². The fourth-order valence-electron chi connectivity index (χ4n) is 3.49. The van der Waals surface area contributed by atoms with Gasteiger partial charge >= 0.3 is 0 Å². The van der Waals surface area contributed by atoms with Gasteiger partial charge < -0.3 is 10.2 Å². The molecule has 0 aliphatic carbocycles. The van der Waals surface area contributed by atoms with Crippen LogP contribution in [0.2, 0.25) is 0 Å². The maximum Gasteiger partial charge on any atom is 0.269 e. The summed E-state index contributed by atoms with van der Waals surface area (Å²) in [5.74, 6) is -0.0908. The molecule has 0 unspecified atom stereocenters. The van der Waals surface area contributed by atoms with E-state index in [1.165, 1.54) is 17.7 Å². The summed E-state index contributed by atoms with van der Waals surface area (Å²) in [7, 11) is 0.